The predicted molar refractivity (Wildman–Crippen MR) is 59.2 cm³/mol. The van der Waals surface area contributed by atoms with Crippen molar-refractivity contribution in [2.75, 3.05) is 0 Å². The Morgan fingerprint density at radius 2 is 2.14 bits per heavy atom. The SMILES string of the molecule is CCC(=NO)c1cc(Br)cc(C)c1O. The number of phenols is 1. The van der Waals surface area contributed by atoms with E-state index in [1.165, 1.54) is 0 Å². The lowest BCUT2D eigenvalue weighted by atomic mass is 10.0. The standard InChI is InChI=1S/C10H12BrNO2/c1-3-9(12-14)8-5-7(11)4-6(2)10(8)13/h4-5,13-14H,3H2,1-2H3. The molecule has 0 saturated carbocycles. The molecular formula is C10H12BrNO2. The minimum Gasteiger partial charge on any atom is -0.507 e. The van der Waals surface area contributed by atoms with Gasteiger partial charge in [-0.3, -0.25) is 0 Å². The van der Waals surface area contributed by atoms with Crippen molar-refractivity contribution in [1.29, 1.82) is 0 Å². The Kier molecular flexibility index (Phi) is 3.52. The molecule has 0 saturated heterocycles. The Balaban J connectivity index is 3.33. The lowest BCUT2D eigenvalue weighted by Crippen LogP contribution is -2.00. The summed E-state index contributed by atoms with van der Waals surface area (Å²) in [5, 5.41) is 21.6. The molecule has 0 aliphatic heterocycles. The topological polar surface area (TPSA) is 52.8 Å². The summed E-state index contributed by atoms with van der Waals surface area (Å²) in [4.78, 5) is 0. The highest BCUT2D eigenvalue weighted by Gasteiger charge is 2.11. The van der Waals surface area contributed by atoms with E-state index < -0.39 is 0 Å². The Bertz CT molecular complexity index is 375. The number of hydrogen-bond acceptors (Lipinski definition) is 3. The normalized spacial score (nSPS) is 11.8. The van der Waals surface area contributed by atoms with Gasteiger partial charge < -0.3 is 10.3 Å². The first kappa shape index (κ1) is 11.0. The number of nitrogens with zero attached hydrogens (tertiary/aromatic N) is 1. The third-order valence-electron chi connectivity index (χ3n) is 2.03. The molecule has 0 bridgehead atoms. The second-order valence-corrected chi connectivity index (χ2v) is 3.93. The fraction of sp³-hybridized carbons (Fsp3) is 0.300. The molecule has 3 nitrogen and oxygen atoms in total. The second kappa shape index (κ2) is 4.46. The summed E-state index contributed by atoms with van der Waals surface area (Å²) in [6, 6.07) is 3.55. The summed E-state index contributed by atoms with van der Waals surface area (Å²) in [7, 11) is 0. The van der Waals surface area contributed by atoms with E-state index in [0.29, 0.717) is 17.7 Å². The van der Waals surface area contributed by atoms with Crippen LogP contribution in [0.2, 0.25) is 0 Å². The molecule has 14 heavy (non-hydrogen) atoms. The number of rotatable bonds is 2. The Hall–Kier alpha value is -1.03. The molecule has 0 radical (unpaired) electrons. The molecule has 0 aliphatic rings. The van der Waals surface area contributed by atoms with Crippen LogP contribution in [0, 0.1) is 6.92 Å². The largest absolute Gasteiger partial charge is 0.507 e. The highest BCUT2D eigenvalue weighted by Crippen LogP contribution is 2.27. The summed E-state index contributed by atoms with van der Waals surface area (Å²) < 4.78 is 0.859. The number of aromatic hydroxyl groups is 1. The predicted octanol–water partition coefficient (Wildman–Crippen LogP) is 3.05. The van der Waals surface area contributed by atoms with Gasteiger partial charge in [-0.1, -0.05) is 28.0 Å². The van der Waals surface area contributed by atoms with E-state index in [0.717, 1.165) is 10.0 Å². The van der Waals surface area contributed by atoms with Crippen molar-refractivity contribution in [2.45, 2.75) is 20.3 Å². The van der Waals surface area contributed by atoms with Gasteiger partial charge >= 0.3 is 0 Å². The monoisotopic (exact) mass is 257 g/mol. The number of phenolic OH excluding ortho intramolecular Hbond substituents is 1. The lowest BCUT2D eigenvalue weighted by Gasteiger charge is -2.08. The Morgan fingerprint density at radius 1 is 1.50 bits per heavy atom. The van der Waals surface area contributed by atoms with Crippen molar-refractivity contribution in [3.8, 4) is 5.75 Å². The van der Waals surface area contributed by atoms with Gasteiger partial charge in [-0.2, -0.15) is 0 Å². The van der Waals surface area contributed by atoms with Gasteiger partial charge in [-0.25, -0.2) is 0 Å². The summed E-state index contributed by atoms with van der Waals surface area (Å²) in [6.45, 7) is 3.67. The van der Waals surface area contributed by atoms with E-state index in [-0.39, 0.29) is 5.75 Å². The second-order valence-electron chi connectivity index (χ2n) is 3.02. The maximum Gasteiger partial charge on any atom is 0.127 e. The Labute approximate surface area is 91.2 Å². The van der Waals surface area contributed by atoms with Gasteiger partial charge in [0.2, 0.25) is 0 Å². The minimum atomic E-state index is 0.169. The molecule has 0 aromatic heterocycles. The first-order chi connectivity index (χ1) is 6.60. The number of hydrogen-bond donors (Lipinski definition) is 2. The van der Waals surface area contributed by atoms with Crippen molar-refractivity contribution in [2.24, 2.45) is 5.16 Å². The molecule has 0 atom stereocenters. The maximum atomic E-state index is 9.74. The molecule has 1 aromatic carbocycles. The van der Waals surface area contributed by atoms with E-state index in [2.05, 4.69) is 21.1 Å². The van der Waals surface area contributed by atoms with Crippen molar-refractivity contribution in [3.05, 3.63) is 27.7 Å². The first-order valence-electron chi connectivity index (χ1n) is 4.30. The van der Waals surface area contributed by atoms with Gasteiger partial charge in [-0.15, -0.1) is 0 Å². The van der Waals surface area contributed by atoms with Gasteiger partial charge in [0.15, 0.2) is 0 Å². The van der Waals surface area contributed by atoms with Gasteiger partial charge in [0.1, 0.15) is 5.75 Å². The van der Waals surface area contributed by atoms with Crippen molar-refractivity contribution in [3.63, 3.8) is 0 Å². The van der Waals surface area contributed by atoms with Gasteiger partial charge in [0.05, 0.1) is 5.71 Å². The average molecular weight is 258 g/mol. The molecule has 0 unspecified atom stereocenters. The molecule has 0 fully saturated rings. The zero-order valence-electron chi connectivity index (χ0n) is 8.08. The van der Waals surface area contributed by atoms with Crippen LogP contribution in [0.15, 0.2) is 21.8 Å². The van der Waals surface area contributed by atoms with Crippen LogP contribution in [0.3, 0.4) is 0 Å². The summed E-state index contributed by atoms with van der Waals surface area (Å²) in [6.07, 6.45) is 0.569. The Morgan fingerprint density at radius 3 is 2.64 bits per heavy atom. The quantitative estimate of drug-likeness (QED) is 0.486. The van der Waals surface area contributed by atoms with Crippen LogP contribution in [0.25, 0.3) is 0 Å². The summed E-state index contributed by atoms with van der Waals surface area (Å²) in [5.41, 5.74) is 1.80. The van der Waals surface area contributed by atoms with E-state index >= 15 is 0 Å². The first-order valence-corrected chi connectivity index (χ1v) is 5.09. The van der Waals surface area contributed by atoms with Crippen molar-refractivity contribution < 1.29 is 10.3 Å². The number of benzene rings is 1. The van der Waals surface area contributed by atoms with Crippen LogP contribution in [-0.4, -0.2) is 16.0 Å². The van der Waals surface area contributed by atoms with E-state index in [1.54, 1.807) is 13.0 Å². The molecule has 1 rings (SSSR count). The fourth-order valence-electron chi connectivity index (χ4n) is 1.27. The molecule has 2 N–H and O–H groups in total. The van der Waals surface area contributed by atoms with Crippen LogP contribution in [-0.2, 0) is 0 Å². The zero-order chi connectivity index (χ0) is 10.7. The molecular weight excluding hydrogens is 246 g/mol. The number of halogens is 1. The third kappa shape index (κ3) is 2.07. The van der Waals surface area contributed by atoms with E-state index in [1.807, 2.05) is 13.0 Å². The zero-order valence-corrected chi connectivity index (χ0v) is 9.67. The molecule has 76 valence electrons. The van der Waals surface area contributed by atoms with Gasteiger partial charge in [0.25, 0.3) is 0 Å². The smallest absolute Gasteiger partial charge is 0.127 e. The number of oxime groups is 1. The minimum absolute atomic E-state index is 0.169. The van der Waals surface area contributed by atoms with Crippen LogP contribution in [0.5, 0.6) is 5.75 Å². The molecule has 4 heteroatoms. The van der Waals surface area contributed by atoms with Crippen LogP contribution in [0.4, 0.5) is 0 Å². The molecule has 1 aromatic rings. The highest BCUT2D eigenvalue weighted by molar-refractivity contribution is 9.10. The van der Waals surface area contributed by atoms with Crippen molar-refractivity contribution in [1.82, 2.24) is 0 Å². The summed E-state index contributed by atoms with van der Waals surface area (Å²) in [5.74, 6) is 0.169. The average Bonchev–Trinajstić information content (AvgIpc) is 2.15. The third-order valence-corrected chi connectivity index (χ3v) is 2.49. The van der Waals surface area contributed by atoms with Gasteiger partial charge in [-0.05, 0) is 31.0 Å². The van der Waals surface area contributed by atoms with Crippen LogP contribution >= 0.6 is 15.9 Å². The molecule has 0 heterocycles. The molecule has 0 aliphatic carbocycles. The summed E-state index contributed by atoms with van der Waals surface area (Å²) >= 11 is 3.33. The van der Waals surface area contributed by atoms with E-state index in [9.17, 15) is 5.11 Å². The van der Waals surface area contributed by atoms with Crippen LogP contribution in [0.1, 0.15) is 24.5 Å². The highest BCUT2D eigenvalue weighted by atomic mass is 79.9. The lowest BCUT2D eigenvalue weighted by molar-refractivity contribution is 0.318. The fourth-order valence-corrected chi connectivity index (χ4v) is 1.84. The molecule has 0 spiro atoms. The van der Waals surface area contributed by atoms with Gasteiger partial charge in [0, 0.05) is 10.0 Å². The molecule has 0 amide bonds. The van der Waals surface area contributed by atoms with E-state index in [4.69, 9.17) is 5.21 Å². The van der Waals surface area contributed by atoms with Crippen LogP contribution < -0.4 is 0 Å². The maximum absolute atomic E-state index is 9.74. The number of aryl methyl sites for hydroxylation is 1. The van der Waals surface area contributed by atoms with Crippen molar-refractivity contribution >= 4 is 21.6 Å².